The quantitative estimate of drug-likeness (QED) is 0.672. The summed E-state index contributed by atoms with van der Waals surface area (Å²) in [5, 5.41) is 4.09. The molecule has 1 aromatic heterocycles. The van der Waals surface area contributed by atoms with Crippen LogP contribution in [-0.2, 0) is 11.8 Å². The molecule has 6 nitrogen and oxygen atoms in total. The van der Waals surface area contributed by atoms with Crippen LogP contribution in [0.2, 0.25) is 0 Å². The number of esters is 1. The molecule has 0 radical (unpaired) electrons. The van der Waals surface area contributed by atoms with E-state index in [0.717, 1.165) is 0 Å². The van der Waals surface area contributed by atoms with Gasteiger partial charge in [0, 0.05) is 18.9 Å². The molecule has 1 heterocycles. The van der Waals surface area contributed by atoms with Gasteiger partial charge in [0.2, 0.25) is 0 Å². The van der Waals surface area contributed by atoms with Gasteiger partial charge >= 0.3 is 5.97 Å². The van der Waals surface area contributed by atoms with Crippen molar-refractivity contribution in [2.45, 2.75) is 6.92 Å². The molecule has 0 aliphatic heterocycles. The van der Waals surface area contributed by atoms with Gasteiger partial charge in [-0.1, -0.05) is 0 Å². The van der Waals surface area contributed by atoms with Crippen molar-refractivity contribution in [3.05, 3.63) is 36.0 Å². The van der Waals surface area contributed by atoms with Crippen molar-refractivity contribution in [2.24, 2.45) is 7.05 Å². The van der Waals surface area contributed by atoms with Crippen LogP contribution in [0.25, 0.3) is 0 Å². The standard InChI is InChI=1S/C13H15N3O3/c1-3-18-13(17)11-8-16(2)15-12(11)19-10-6-4-9(14)5-7-10/h4-8H,3,14H2,1-2H3. The molecule has 2 rings (SSSR count). The fourth-order valence-corrected chi connectivity index (χ4v) is 1.54. The molecule has 0 atom stereocenters. The predicted molar refractivity (Wildman–Crippen MR) is 70.1 cm³/mol. The van der Waals surface area contributed by atoms with Crippen LogP contribution in [0.15, 0.2) is 30.5 Å². The number of nitrogen functional groups attached to an aromatic ring is 1. The minimum absolute atomic E-state index is 0.214. The van der Waals surface area contributed by atoms with Crippen LogP contribution in [0.1, 0.15) is 17.3 Å². The summed E-state index contributed by atoms with van der Waals surface area (Å²) in [5.74, 6) is 0.310. The molecule has 0 aliphatic carbocycles. The Kier molecular flexibility index (Phi) is 3.70. The number of hydrogen-bond donors (Lipinski definition) is 1. The van der Waals surface area contributed by atoms with E-state index in [9.17, 15) is 4.79 Å². The lowest BCUT2D eigenvalue weighted by Crippen LogP contribution is -2.05. The summed E-state index contributed by atoms with van der Waals surface area (Å²) in [4.78, 5) is 11.7. The molecule has 2 aromatic rings. The molecule has 100 valence electrons. The number of hydrogen-bond acceptors (Lipinski definition) is 5. The first-order chi connectivity index (χ1) is 9.10. The van der Waals surface area contributed by atoms with Gasteiger partial charge in [-0.05, 0) is 31.2 Å². The predicted octanol–water partition coefficient (Wildman–Crippen LogP) is 1.97. The van der Waals surface area contributed by atoms with Crippen molar-refractivity contribution >= 4 is 11.7 Å². The zero-order valence-electron chi connectivity index (χ0n) is 10.8. The summed E-state index contributed by atoms with van der Waals surface area (Å²) < 4.78 is 12.0. The van der Waals surface area contributed by atoms with Gasteiger partial charge in [-0.2, -0.15) is 0 Å². The van der Waals surface area contributed by atoms with Crippen molar-refractivity contribution in [1.82, 2.24) is 9.78 Å². The molecule has 0 bridgehead atoms. The van der Waals surface area contributed by atoms with Gasteiger partial charge < -0.3 is 15.2 Å². The van der Waals surface area contributed by atoms with Crippen LogP contribution in [0, 0.1) is 0 Å². The van der Waals surface area contributed by atoms with E-state index in [1.54, 1.807) is 44.4 Å². The topological polar surface area (TPSA) is 79.4 Å². The molecule has 1 aromatic carbocycles. The molecule has 0 fully saturated rings. The van der Waals surface area contributed by atoms with E-state index in [1.807, 2.05) is 0 Å². The highest BCUT2D eigenvalue weighted by Crippen LogP contribution is 2.24. The second-order valence-corrected chi connectivity index (χ2v) is 3.91. The fourth-order valence-electron chi connectivity index (χ4n) is 1.54. The number of nitrogens with zero attached hydrogens (tertiary/aromatic N) is 2. The highest BCUT2D eigenvalue weighted by molar-refractivity contribution is 5.91. The van der Waals surface area contributed by atoms with E-state index in [2.05, 4.69) is 5.10 Å². The van der Waals surface area contributed by atoms with E-state index < -0.39 is 5.97 Å². The molecule has 19 heavy (non-hydrogen) atoms. The maximum Gasteiger partial charge on any atom is 0.345 e. The Morgan fingerprint density at radius 1 is 1.37 bits per heavy atom. The molecule has 0 saturated heterocycles. The summed E-state index contributed by atoms with van der Waals surface area (Å²) in [7, 11) is 1.71. The van der Waals surface area contributed by atoms with Crippen molar-refractivity contribution in [1.29, 1.82) is 0 Å². The van der Waals surface area contributed by atoms with Crippen molar-refractivity contribution in [3.63, 3.8) is 0 Å². The Morgan fingerprint density at radius 3 is 2.68 bits per heavy atom. The van der Waals surface area contributed by atoms with E-state index >= 15 is 0 Å². The number of anilines is 1. The molecule has 0 amide bonds. The number of carbonyl (C=O) groups is 1. The van der Waals surface area contributed by atoms with Crippen LogP contribution in [-0.4, -0.2) is 22.4 Å². The average Bonchev–Trinajstić information content (AvgIpc) is 2.74. The van der Waals surface area contributed by atoms with Crippen LogP contribution in [0.5, 0.6) is 11.6 Å². The smallest absolute Gasteiger partial charge is 0.345 e. The first-order valence-corrected chi connectivity index (χ1v) is 5.84. The summed E-state index contributed by atoms with van der Waals surface area (Å²) >= 11 is 0. The van der Waals surface area contributed by atoms with Gasteiger partial charge in [-0.25, -0.2) is 4.79 Å². The molecule has 0 aliphatic rings. The van der Waals surface area contributed by atoms with E-state index in [1.165, 1.54) is 4.68 Å². The maximum absolute atomic E-state index is 11.7. The SMILES string of the molecule is CCOC(=O)c1cn(C)nc1Oc1ccc(N)cc1. The number of carbonyl (C=O) groups excluding carboxylic acids is 1. The number of benzene rings is 1. The highest BCUT2D eigenvalue weighted by Gasteiger charge is 2.18. The van der Waals surface area contributed by atoms with Crippen LogP contribution in [0.3, 0.4) is 0 Å². The number of aromatic nitrogens is 2. The van der Waals surface area contributed by atoms with Crippen molar-refractivity contribution in [3.8, 4) is 11.6 Å². The Hall–Kier alpha value is -2.50. The molecule has 6 heteroatoms. The minimum Gasteiger partial charge on any atom is -0.462 e. The molecule has 0 saturated carbocycles. The zero-order valence-corrected chi connectivity index (χ0v) is 10.8. The lowest BCUT2D eigenvalue weighted by molar-refractivity contribution is 0.0523. The second-order valence-electron chi connectivity index (χ2n) is 3.91. The zero-order chi connectivity index (χ0) is 13.8. The third-order valence-electron chi connectivity index (χ3n) is 2.38. The number of aryl methyl sites for hydroxylation is 1. The monoisotopic (exact) mass is 261 g/mol. The Bertz CT molecular complexity index is 575. The number of nitrogens with two attached hydrogens (primary N) is 1. The van der Waals surface area contributed by atoms with Gasteiger partial charge in [0.05, 0.1) is 6.61 Å². The third kappa shape index (κ3) is 3.04. The van der Waals surface area contributed by atoms with Crippen molar-refractivity contribution < 1.29 is 14.3 Å². The van der Waals surface area contributed by atoms with E-state index in [0.29, 0.717) is 23.6 Å². The first-order valence-electron chi connectivity index (χ1n) is 5.84. The molecule has 0 spiro atoms. The maximum atomic E-state index is 11.7. The van der Waals surface area contributed by atoms with Gasteiger partial charge in [0.25, 0.3) is 5.88 Å². The molecule has 0 unspecified atom stereocenters. The summed E-state index contributed by atoms with van der Waals surface area (Å²) in [6.07, 6.45) is 1.56. The van der Waals surface area contributed by atoms with Gasteiger partial charge in [-0.15, -0.1) is 5.10 Å². The Morgan fingerprint density at radius 2 is 2.05 bits per heavy atom. The van der Waals surface area contributed by atoms with Gasteiger partial charge in [-0.3, -0.25) is 4.68 Å². The highest BCUT2D eigenvalue weighted by atomic mass is 16.5. The largest absolute Gasteiger partial charge is 0.462 e. The summed E-state index contributed by atoms with van der Waals surface area (Å²) in [5.41, 5.74) is 6.52. The van der Waals surface area contributed by atoms with Gasteiger partial charge in [0.15, 0.2) is 0 Å². The number of rotatable bonds is 4. The van der Waals surface area contributed by atoms with Crippen molar-refractivity contribution in [2.75, 3.05) is 12.3 Å². The first kappa shape index (κ1) is 12.9. The van der Waals surface area contributed by atoms with Crippen LogP contribution < -0.4 is 10.5 Å². The molecular formula is C13H15N3O3. The number of ether oxygens (including phenoxy) is 2. The normalized spacial score (nSPS) is 10.2. The van der Waals surface area contributed by atoms with Crippen LogP contribution in [0.4, 0.5) is 5.69 Å². The Labute approximate surface area is 110 Å². The van der Waals surface area contributed by atoms with E-state index in [4.69, 9.17) is 15.2 Å². The van der Waals surface area contributed by atoms with E-state index in [-0.39, 0.29) is 5.88 Å². The Balaban J connectivity index is 2.24. The molecular weight excluding hydrogens is 246 g/mol. The summed E-state index contributed by atoms with van der Waals surface area (Å²) in [6, 6.07) is 6.84. The third-order valence-corrected chi connectivity index (χ3v) is 2.38. The van der Waals surface area contributed by atoms with Crippen LogP contribution >= 0.6 is 0 Å². The minimum atomic E-state index is -0.457. The second kappa shape index (κ2) is 5.43. The lowest BCUT2D eigenvalue weighted by atomic mass is 10.3. The average molecular weight is 261 g/mol. The fraction of sp³-hybridized carbons (Fsp3) is 0.231. The molecule has 2 N–H and O–H groups in total. The van der Waals surface area contributed by atoms with Gasteiger partial charge in [0.1, 0.15) is 11.3 Å². The lowest BCUT2D eigenvalue weighted by Gasteiger charge is -2.05. The summed E-state index contributed by atoms with van der Waals surface area (Å²) in [6.45, 7) is 2.05.